The largest absolute Gasteiger partial charge is 0.372 e. The average molecular weight is 414 g/mol. The van der Waals surface area contributed by atoms with Gasteiger partial charge in [0.1, 0.15) is 5.54 Å². The van der Waals surface area contributed by atoms with Gasteiger partial charge in [-0.15, -0.1) is 0 Å². The lowest BCUT2D eigenvalue weighted by atomic mass is 10.1. The van der Waals surface area contributed by atoms with Gasteiger partial charge in [0.05, 0.1) is 5.71 Å². The van der Waals surface area contributed by atoms with E-state index >= 15 is 0 Å². The summed E-state index contributed by atoms with van der Waals surface area (Å²) in [5.41, 5.74) is 4.43. The van der Waals surface area contributed by atoms with Crippen LogP contribution in [0.3, 0.4) is 0 Å². The number of rotatable bonds is 6. The van der Waals surface area contributed by atoms with E-state index in [1.807, 2.05) is 19.1 Å². The number of carbonyl (C=O) groups excluding carboxylic acids is 3. The minimum atomic E-state index is -0.929. The predicted molar refractivity (Wildman–Crippen MR) is 116 cm³/mol. The van der Waals surface area contributed by atoms with Crippen LogP contribution in [-0.2, 0) is 9.59 Å². The molecule has 0 bridgehead atoms. The van der Waals surface area contributed by atoms with Gasteiger partial charge < -0.3 is 10.2 Å². The number of amides is 4. The first-order chi connectivity index (χ1) is 14.3. The van der Waals surface area contributed by atoms with Crippen LogP contribution in [0.5, 0.6) is 0 Å². The molecule has 3 rings (SSSR count). The molecule has 4 amide bonds. The molecule has 8 heteroatoms. The molecule has 2 saturated heterocycles. The second kappa shape index (κ2) is 9.28. The van der Waals surface area contributed by atoms with Gasteiger partial charge in [0.15, 0.2) is 0 Å². The SMILES string of the molecule is C/C(=N/NC(=O)CCN1C(=O)NC(C)(C)C1=O)c1ccc(N2CCCCCC2)cc1. The third-order valence-electron chi connectivity index (χ3n) is 5.61. The summed E-state index contributed by atoms with van der Waals surface area (Å²) in [6, 6.07) is 7.75. The summed E-state index contributed by atoms with van der Waals surface area (Å²) in [6.07, 6.45) is 5.07. The fourth-order valence-corrected chi connectivity index (χ4v) is 3.74. The summed E-state index contributed by atoms with van der Waals surface area (Å²) < 4.78 is 0. The number of benzene rings is 1. The third kappa shape index (κ3) is 5.17. The van der Waals surface area contributed by atoms with Crippen molar-refractivity contribution in [1.29, 1.82) is 0 Å². The van der Waals surface area contributed by atoms with E-state index in [1.165, 1.54) is 31.4 Å². The quantitative estimate of drug-likeness (QED) is 0.426. The molecule has 2 fully saturated rings. The van der Waals surface area contributed by atoms with Crippen LogP contribution >= 0.6 is 0 Å². The maximum Gasteiger partial charge on any atom is 0.325 e. The Bertz CT molecular complexity index is 824. The van der Waals surface area contributed by atoms with Gasteiger partial charge in [0, 0.05) is 31.7 Å². The highest BCUT2D eigenvalue weighted by Gasteiger charge is 2.43. The Morgan fingerprint density at radius 1 is 1.10 bits per heavy atom. The molecular weight excluding hydrogens is 382 g/mol. The molecule has 2 N–H and O–H groups in total. The van der Waals surface area contributed by atoms with E-state index in [0.717, 1.165) is 23.6 Å². The van der Waals surface area contributed by atoms with Crippen molar-refractivity contribution in [2.45, 2.75) is 58.4 Å². The molecule has 0 spiro atoms. The summed E-state index contributed by atoms with van der Waals surface area (Å²) in [6.45, 7) is 7.33. The molecule has 0 aliphatic carbocycles. The van der Waals surface area contributed by atoms with E-state index < -0.39 is 11.6 Å². The Morgan fingerprint density at radius 3 is 2.30 bits per heavy atom. The van der Waals surface area contributed by atoms with E-state index in [2.05, 4.69) is 32.9 Å². The van der Waals surface area contributed by atoms with Gasteiger partial charge in [-0.2, -0.15) is 5.10 Å². The lowest BCUT2D eigenvalue weighted by molar-refractivity contribution is -0.130. The van der Waals surface area contributed by atoms with E-state index in [-0.39, 0.29) is 24.8 Å². The Morgan fingerprint density at radius 2 is 1.73 bits per heavy atom. The number of nitrogens with zero attached hydrogens (tertiary/aromatic N) is 3. The van der Waals surface area contributed by atoms with Crippen LogP contribution in [0, 0.1) is 0 Å². The number of hydrogen-bond acceptors (Lipinski definition) is 5. The first kappa shape index (κ1) is 21.8. The lowest BCUT2D eigenvalue weighted by Crippen LogP contribution is -2.40. The Hall–Kier alpha value is -2.90. The van der Waals surface area contributed by atoms with Crippen LogP contribution in [0.1, 0.15) is 58.4 Å². The zero-order chi connectivity index (χ0) is 21.7. The Labute approximate surface area is 177 Å². The normalized spacial score (nSPS) is 19.5. The highest BCUT2D eigenvalue weighted by Crippen LogP contribution is 2.20. The summed E-state index contributed by atoms with van der Waals surface area (Å²) in [5, 5.41) is 6.76. The fourth-order valence-electron chi connectivity index (χ4n) is 3.74. The zero-order valence-electron chi connectivity index (χ0n) is 18.0. The minimum absolute atomic E-state index is 0.0000815. The zero-order valence-corrected chi connectivity index (χ0v) is 18.0. The van der Waals surface area contributed by atoms with Crippen molar-refractivity contribution in [3.05, 3.63) is 29.8 Å². The Balaban J connectivity index is 1.51. The van der Waals surface area contributed by atoms with E-state index in [9.17, 15) is 14.4 Å². The topological polar surface area (TPSA) is 94.1 Å². The Kier molecular flexibility index (Phi) is 6.74. The van der Waals surface area contributed by atoms with Crippen LogP contribution < -0.4 is 15.6 Å². The smallest absolute Gasteiger partial charge is 0.325 e. The molecule has 0 unspecified atom stereocenters. The van der Waals surface area contributed by atoms with E-state index in [0.29, 0.717) is 5.71 Å². The van der Waals surface area contributed by atoms with Crippen LogP contribution in [-0.4, -0.2) is 53.6 Å². The summed E-state index contributed by atoms with van der Waals surface area (Å²) in [4.78, 5) is 39.6. The van der Waals surface area contributed by atoms with Gasteiger partial charge in [0.25, 0.3) is 5.91 Å². The number of hydrazone groups is 1. The molecule has 0 atom stereocenters. The van der Waals surface area contributed by atoms with E-state index in [4.69, 9.17) is 0 Å². The number of urea groups is 1. The van der Waals surface area contributed by atoms with Crippen molar-refractivity contribution >= 4 is 29.2 Å². The molecule has 30 heavy (non-hydrogen) atoms. The highest BCUT2D eigenvalue weighted by molar-refractivity contribution is 6.06. The number of imide groups is 1. The van der Waals surface area contributed by atoms with Crippen molar-refractivity contribution in [1.82, 2.24) is 15.6 Å². The van der Waals surface area contributed by atoms with Gasteiger partial charge in [-0.25, -0.2) is 10.2 Å². The van der Waals surface area contributed by atoms with Crippen LogP contribution in [0.4, 0.5) is 10.5 Å². The fraction of sp³-hybridized carbons (Fsp3) is 0.545. The molecule has 1 aromatic carbocycles. The van der Waals surface area contributed by atoms with Crippen molar-refractivity contribution in [3.63, 3.8) is 0 Å². The second-order valence-corrected chi connectivity index (χ2v) is 8.44. The lowest BCUT2D eigenvalue weighted by Gasteiger charge is -2.22. The van der Waals surface area contributed by atoms with Crippen LogP contribution in [0.15, 0.2) is 29.4 Å². The van der Waals surface area contributed by atoms with Crippen LogP contribution in [0.25, 0.3) is 0 Å². The van der Waals surface area contributed by atoms with Crippen LogP contribution in [0.2, 0.25) is 0 Å². The van der Waals surface area contributed by atoms with Gasteiger partial charge in [-0.3, -0.25) is 14.5 Å². The van der Waals surface area contributed by atoms with Gasteiger partial charge in [0.2, 0.25) is 5.91 Å². The van der Waals surface area contributed by atoms with Gasteiger partial charge in [-0.1, -0.05) is 25.0 Å². The molecule has 2 aliphatic rings. The number of carbonyl (C=O) groups is 3. The summed E-state index contributed by atoms with van der Waals surface area (Å²) >= 11 is 0. The number of nitrogens with one attached hydrogen (secondary N) is 2. The minimum Gasteiger partial charge on any atom is -0.372 e. The molecule has 162 valence electrons. The number of hydrogen-bond donors (Lipinski definition) is 2. The summed E-state index contributed by atoms with van der Waals surface area (Å²) in [5.74, 6) is -0.676. The molecular formula is C22H31N5O3. The monoisotopic (exact) mass is 413 g/mol. The second-order valence-electron chi connectivity index (χ2n) is 8.44. The molecule has 2 heterocycles. The molecule has 1 aromatic rings. The van der Waals surface area contributed by atoms with Crippen molar-refractivity contribution < 1.29 is 14.4 Å². The van der Waals surface area contributed by atoms with Crippen molar-refractivity contribution in [2.75, 3.05) is 24.5 Å². The third-order valence-corrected chi connectivity index (χ3v) is 5.61. The standard InChI is InChI=1S/C22H31N5O3/c1-16(17-8-10-18(11-9-17)26-13-6-4-5-7-14-26)24-25-19(28)12-15-27-20(29)22(2,3)23-21(27)30/h8-11H,4-7,12-15H2,1-3H3,(H,23,30)(H,25,28)/b24-16-. The van der Waals surface area contributed by atoms with Gasteiger partial charge >= 0.3 is 6.03 Å². The molecule has 0 radical (unpaired) electrons. The van der Waals surface area contributed by atoms with Crippen molar-refractivity contribution in [3.8, 4) is 0 Å². The maximum atomic E-state index is 12.1. The molecule has 0 saturated carbocycles. The highest BCUT2D eigenvalue weighted by atomic mass is 16.2. The van der Waals surface area contributed by atoms with Crippen molar-refractivity contribution in [2.24, 2.45) is 5.10 Å². The molecule has 0 aromatic heterocycles. The van der Waals surface area contributed by atoms with E-state index in [1.54, 1.807) is 13.8 Å². The first-order valence-corrected chi connectivity index (χ1v) is 10.6. The predicted octanol–water partition coefficient (Wildman–Crippen LogP) is 2.63. The molecule has 8 nitrogen and oxygen atoms in total. The first-order valence-electron chi connectivity index (χ1n) is 10.6. The average Bonchev–Trinajstić information content (AvgIpc) is 2.92. The number of anilines is 1. The summed E-state index contributed by atoms with van der Waals surface area (Å²) in [7, 11) is 0. The maximum absolute atomic E-state index is 12.1. The molecule has 2 aliphatic heterocycles. The van der Waals surface area contributed by atoms with Gasteiger partial charge in [-0.05, 0) is 51.3 Å².